The highest BCUT2D eigenvalue weighted by molar-refractivity contribution is 5.80. The van der Waals surface area contributed by atoms with E-state index in [-0.39, 0.29) is 0 Å². The standard InChI is InChI=1S/C20H32N4/c1-3-21-20(22-14-17-8-7-12-23(4-2)15-17)24-13-11-18-9-5-6-10-19(18)16-24/h5-6,9-10,17H,3-4,7-8,11-16H2,1-2H3,(H,21,22). The van der Waals surface area contributed by atoms with Crippen LogP contribution in [0.1, 0.15) is 37.8 Å². The van der Waals surface area contributed by atoms with Crippen molar-refractivity contribution in [2.45, 2.75) is 39.7 Å². The van der Waals surface area contributed by atoms with Crippen molar-refractivity contribution in [3.05, 3.63) is 35.4 Å². The highest BCUT2D eigenvalue weighted by atomic mass is 15.3. The van der Waals surface area contributed by atoms with Crippen LogP contribution in [0, 0.1) is 5.92 Å². The minimum Gasteiger partial charge on any atom is -0.357 e. The van der Waals surface area contributed by atoms with Gasteiger partial charge in [-0.3, -0.25) is 4.99 Å². The SMILES string of the molecule is CCNC(=NCC1CCCN(CC)C1)N1CCc2ccccc2C1. The molecule has 0 bridgehead atoms. The molecule has 2 heterocycles. The second-order valence-corrected chi connectivity index (χ2v) is 7.04. The van der Waals surface area contributed by atoms with Gasteiger partial charge in [0.05, 0.1) is 0 Å². The highest BCUT2D eigenvalue weighted by Crippen LogP contribution is 2.20. The Morgan fingerprint density at radius 2 is 2.04 bits per heavy atom. The van der Waals surface area contributed by atoms with Crippen LogP contribution in [0.15, 0.2) is 29.3 Å². The average molecular weight is 329 g/mol. The maximum absolute atomic E-state index is 5.01. The van der Waals surface area contributed by atoms with Crippen LogP contribution in [-0.4, -0.2) is 55.0 Å². The van der Waals surface area contributed by atoms with Gasteiger partial charge in [-0.25, -0.2) is 0 Å². The smallest absolute Gasteiger partial charge is 0.194 e. The molecule has 0 radical (unpaired) electrons. The Hall–Kier alpha value is -1.55. The maximum atomic E-state index is 5.01. The summed E-state index contributed by atoms with van der Waals surface area (Å²) in [5.41, 5.74) is 2.94. The molecule has 1 N–H and O–H groups in total. The summed E-state index contributed by atoms with van der Waals surface area (Å²) >= 11 is 0. The molecule has 0 aromatic heterocycles. The van der Waals surface area contributed by atoms with Crippen molar-refractivity contribution in [2.75, 3.05) is 39.3 Å². The van der Waals surface area contributed by atoms with E-state index in [1.165, 1.54) is 43.6 Å². The lowest BCUT2D eigenvalue weighted by atomic mass is 9.98. The second kappa shape index (κ2) is 8.52. The number of nitrogens with one attached hydrogen (secondary N) is 1. The first-order valence-electron chi connectivity index (χ1n) is 9.62. The molecule has 0 amide bonds. The van der Waals surface area contributed by atoms with E-state index in [9.17, 15) is 0 Å². The van der Waals surface area contributed by atoms with Crippen LogP contribution < -0.4 is 5.32 Å². The molecule has 1 fully saturated rings. The molecule has 1 aromatic carbocycles. The molecule has 0 aliphatic carbocycles. The summed E-state index contributed by atoms with van der Waals surface area (Å²) in [7, 11) is 0. The third-order valence-corrected chi connectivity index (χ3v) is 5.31. The minimum absolute atomic E-state index is 0.712. The zero-order valence-corrected chi connectivity index (χ0v) is 15.3. The largest absolute Gasteiger partial charge is 0.357 e. The van der Waals surface area contributed by atoms with Gasteiger partial charge in [0.25, 0.3) is 0 Å². The number of nitrogens with zero attached hydrogens (tertiary/aromatic N) is 3. The molecule has 1 atom stereocenters. The molecule has 3 rings (SSSR count). The van der Waals surface area contributed by atoms with Crippen molar-refractivity contribution in [2.24, 2.45) is 10.9 Å². The number of likely N-dealkylation sites (tertiary alicyclic amines) is 1. The number of hydrogen-bond acceptors (Lipinski definition) is 2. The molecule has 0 spiro atoms. The number of fused-ring (bicyclic) bond motifs is 1. The van der Waals surface area contributed by atoms with E-state index >= 15 is 0 Å². The van der Waals surface area contributed by atoms with Crippen LogP contribution in [0.2, 0.25) is 0 Å². The molecule has 1 aromatic rings. The van der Waals surface area contributed by atoms with E-state index in [2.05, 4.69) is 53.2 Å². The van der Waals surface area contributed by atoms with Crippen LogP contribution >= 0.6 is 0 Å². The van der Waals surface area contributed by atoms with E-state index in [4.69, 9.17) is 4.99 Å². The van der Waals surface area contributed by atoms with E-state index < -0.39 is 0 Å². The van der Waals surface area contributed by atoms with Crippen LogP contribution in [0.4, 0.5) is 0 Å². The van der Waals surface area contributed by atoms with Gasteiger partial charge in [0, 0.05) is 32.7 Å². The first kappa shape index (κ1) is 17.3. The van der Waals surface area contributed by atoms with Crippen molar-refractivity contribution in [1.29, 1.82) is 0 Å². The normalized spacial score (nSPS) is 22.3. The highest BCUT2D eigenvalue weighted by Gasteiger charge is 2.21. The summed E-state index contributed by atoms with van der Waals surface area (Å²) in [6.45, 7) is 12.0. The fourth-order valence-corrected chi connectivity index (χ4v) is 3.91. The minimum atomic E-state index is 0.712. The number of rotatable bonds is 4. The van der Waals surface area contributed by atoms with Gasteiger partial charge in [0.1, 0.15) is 0 Å². The summed E-state index contributed by atoms with van der Waals surface area (Å²) < 4.78 is 0. The van der Waals surface area contributed by atoms with Crippen LogP contribution in [0.5, 0.6) is 0 Å². The molecular formula is C20H32N4. The topological polar surface area (TPSA) is 30.9 Å². The molecule has 2 aliphatic rings. The Labute approximate surface area is 146 Å². The summed E-state index contributed by atoms with van der Waals surface area (Å²) in [5, 5.41) is 3.51. The summed E-state index contributed by atoms with van der Waals surface area (Å²) in [5.74, 6) is 1.81. The van der Waals surface area contributed by atoms with Crippen molar-refractivity contribution in [3.8, 4) is 0 Å². The van der Waals surface area contributed by atoms with Crippen LogP contribution in [-0.2, 0) is 13.0 Å². The third kappa shape index (κ3) is 4.29. The number of benzene rings is 1. The van der Waals surface area contributed by atoms with Crippen LogP contribution in [0.25, 0.3) is 0 Å². The number of hydrogen-bond donors (Lipinski definition) is 1. The number of aliphatic imine (C=N–C) groups is 1. The van der Waals surface area contributed by atoms with E-state index in [1.807, 2.05) is 0 Å². The number of guanidine groups is 1. The lowest BCUT2D eigenvalue weighted by molar-refractivity contribution is 0.186. The lowest BCUT2D eigenvalue weighted by Crippen LogP contribution is -2.44. The Bertz CT molecular complexity index is 554. The molecular weight excluding hydrogens is 296 g/mol. The van der Waals surface area contributed by atoms with Gasteiger partial charge in [-0.1, -0.05) is 31.2 Å². The van der Waals surface area contributed by atoms with Gasteiger partial charge < -0.3 is 15.1 Å². The second-order valence-electron chi connectivity index (χ2n) is 7.04. The van der Waals surface area contributed by atoms with Crippen molar-refractivity contribution in [1.82, 2.24) is 15.1 Å². The fraction of sp³-hybridized carbons (Fsp3) is 0.650. The molecule has 1 saturated heterocycles. The zero-order valence-electron chi connectivity index (χ0n) is 15.3. The molecule has 132 valence electrons. The number of piperidine rings is 1. The van der Waals surface area contributed by atoms with Crippen molar-refractivity contribution < 1.29 is 0 Å². The molecule has 0 saturated carbocycles. The van der Waals surface area contributed by atoms with Gasteiger partial charge in [-0.2, -0.15) is 0 Å². The Morgan fingerprint density at radius 3 is 2.83 bits per heavy atom. The molecule has 2 aliphatic heterocycles. The van der Waals surface area contributed by atoms with E-state index in [0.29, 0.717) is 5.92 Å². The molecule has 4 heteroatoms. The Balaban J connectivity index is 1.64. The maximum Gasteiger partial charge on any atom is 0.194 e. The molecule has 24 heavy (non-hydrogen) atoms. The zero-order chi connectivity index (χ0) is 16.8. The predicted molar refractivity (Wildman–Crippen MR) is 101 cm³/mol. The summed E-state index contributed by atoms with van der Waals surface area (Å²) in [6, 6.07) is 8.81. The van der Waals surface area contributed by atoms with Gasteiger partial charge in [-0.05, 0) is 56.3 Å². The Morgan fingerprint density at radius 1 is 1.21 bits per heavy atom. The van der Waals surface area contributed by atoms with Gasteiger partial charge in [0.15, 0.2) is 5.96 Å². The van der Waals surface area contributed by atoms with Crippen molar-refractivity contribution >= 4 is 5.96 Å². The monoisotopic (exact) mass is 328 g/mol. The van der Waals surface area contributed by atoms with Gasteiger partial charge in [0.2, 0.25) is 0 Å². The first-order chi connectivity index (χ1) is 11.8. The molecule has 1 unspecified atom stereocenters. The Kier molecular flexibility index (Phi) is 6.13. The first-order valence-corrected chi connectivity index (χ1v) is 9.62. The average Bonchev–Trinajstić information content (AvgIpc) is 2.65. The van der Waals surface area contributed by atoms with Crippen molar-refractivity contribution in [3.63, 3.8) is 0 Å². The van der Waals surface area contributed by atoms with E-state index in [1.54, 1.807) is 0 Å². The predicted octanol–water partition coefficient (Wildman–Crippen LogP) is 2.74. The summed E-state index contributed by atoms with van der Waals surface area (Å²) in [4.78, 5) is 9.99. The van der Waals surface area contributed by atoms with Crippen LogP contribution in [0.3, 0.4) is 0 Å². The fourth-order valence-electron chi connectivity index (χ4n) is 3.91. The third-order valence-electron chi connectivity index (χ3n) is 5.31. The quantitative estimate of drug-likeness (QED) is 0.681. The van der Waals surface area contributed by atoms with Gasteiger partial charge >= 0.3 is 0 Å². The summed E-state index contributed by atoms with van der Waals surface area (Å²) in [6.07, 6.45) is 3.76. The molecule has 4 nitrogen and oxygen atoms in total. The van der Waals surface area contributed by atoms with Gasteiger partial charge in [-0.15, -0.1) is 0 Å². The lowest BCUT2D eigenvalue weighted by Gasteiger charge is -2.33. The van der Waals surface area contributed by atoms with E-state index in [0.717, 1.165) is 38.6 Å².